The van der Waals surface area contributed by atoms with Gasteiger partial charge in [0.2, 0.25) is 5.88 Å². The minimum Gasteiger partial charge on any atom is -0.439 e. The maximum Gasteiger partial charge on any atom is 0.222 e. The second kappa shape index (κ2) is 5.27. The number of hydrogen-bond acceptors (Lipinski definition) is 3. The third-order valence-corrected chi connectivity index (χ3v) is 2.74. The molecule has 2 aromatic rings. The number of rotatable bonds is 3. The van der Waals surface area contributed by atoms with Crippen LogP contribution in [0.2, 0.25) is 5.15 Å². The van der Waals surface area contributed by atoms with Gasteiger partial charge < -0.3 is 10.5 Å². The first-order chi connectivity index (χ1) is 8.56. The van der Waals surface area contributed by atoms with Gasteiger partial charge in [-0.2, -0.15) is 0 Å². The molecule has 1 heterocycles. The molecule has 0 aliphatic rings. The molecule has 0 aliphatic carbocycles. The van der Waals surface area contributed by atoms with Gasteiger partial charge in [-0.25, -0.2) is 4.98 Å². The number of halogens is 1. The Morgan fingerprint density at radius 3 is 2.61 bits per heavy atom. The first-order valence-corrected chi connectivity index (χ1v) is 6.14. The summed E-state index contributed by atoms with van der Waals surface area (Å²) >= 11 is 5.85. The van der Waals surface area contributed by atoms with Crippen molar-refractivity contribution >= 4 is 17.3 Å². The van der Waals surface area contributed by atoms with Crippen LogP contribution in [-0.2, 0) is 0 Å². The highest BCUT2D eigenvalue weighted by Crippen LogP contribution is 2.30. The van der Waals surface area contributed by atoms with Gasteiger partial charge in [-0.3, -0.25) is 0 Å². The fourth-order valence-corrected chi connectivity index (χ4v) is 1.92. The molecular weight excluding hydrogens is 248 g/mol. The van der Waals surface area contributed by atoms with Crippen molar-refractivity contribution in [2.24, 2.45) is 0 Å². The number of ether oxygens (including phenoxy) is 1. The largest absolute Gasteiger partial charge is 0.439 e. The molecule has 0 amide bonds. The van der Waals surface area contributed by atoms with Gasteiger partial charge in [0, 0.05) is 11.8 Å². The lowest BCUT2D eigenvalue weighted by atomic mass is 10.0. The molecule has 0 radical (unpaired) electrons. The second-order valence-electron chi connectivity index (χ2n) is 4.36. The minimum absolute atomic E-state index is 0.326. The minimum atomic E-state index is 0.326. The fourth-order valence-electron chi connectivity index (χ4n) is 1.71. The van der Waals surface area contributed by atoms with Gasteiger partial charge in [-0.1, -0.05) is 43.6 Å². The second-order valence-corrected chi connectivity index (χ2v) is 4.74. The summed E-state index contributed by atoms with van der Waals surface area (Å²) in [6, 6.07) is 11.1. The van der Waals surface area contributed by atoms with Crippen molar-refractivity contribution in [3.05, 3.63) is 47.1 Å². The number of anilines is 1. The molecule has 0 unspecified atom stereocenters. The van der Waals surface area contributed by atoms with E-state index in [9.17, 15) is 0 Å². The average Bonchev–Trinajstić information content (AvgIpc) is 2.27. The Balaban J connectivity index is 2.34. The van der Waals surface area contributed by atoms with Crippen LogP contribution in [0.1, 0.15) is 25.3 Å². The van der Waals surface area contributed by atoms with E-state index in [0.29, 0.717) is 22.6 Å². The molecule has 0 atom stereocenters. The van der Waals surface area contributed by atoms with Crippen LogP contribution in [-0.4, -0.2) is 4.98 Å². The Labute approximate surface area is 112 Å². The Morgan fingerprint density at radius 1 is 1.22 bits per heavy atom. The zero-order valence-electron chi connectivity index (χ0n) is 10.4. The summed E-state index contributed by atoms with van der Waals surface area (Å²) in [4.78, 5) is 4.09. The molecule has 0 fully saturated rings. The smallest absolute Gasteiger partial charge is 0.222 e. The van der Waals surface area contributed by atoms with Gasteiger partial charge in [-0.15, -0.1) is 0 Å². The number of aromatic nitrogens is 1. The molecule has 0 bridgehead atoms. The molecular formula is C14H15ClN2O. The maximum atomic E-state index is 5.85. The van der Waals surface area contributed by atoms with Crippen molar-refractivity contribution in [1.82, 2.24) is 4.98 Å². The van der Waals surface area contributed by atoms with Crippen LogP contribution in [0, 0.1) is 0 Å². The van der Waals surface area contributed by atoms with E-state index in [2.05, 4.69) is 18.8 Å². The zero-order chi connectivity index (χ0) is 13.1. The summed E-state index contributed by atoms with van der Waals surface area (Å²) in [6.07, 6.45) is 0. The summed E-state index contributed by atoms with van der Waals surface area (Å²) in [5.41, 5.74) is 7.36. The van der Waals surface area contributed by atoms with Crippen LogP contribution in [0.3, 0.4) is 0 Å². The Hall–Kier alpha value is -1.74. The molecule has 94 valence electrons. The lowest BCUT2D eigenvalue weighted by Gasteiger charge is -2.13. The predicted octanol–water partition coefficient (Wildman–Crippen LogP) is 4.23. The molecule has 18 heavy (non-hydrogen) atoms. The first kappa shape index (κ1) is 12.7. The van der Waals surface area contributed by atoms with E-state index in [1.165, 1.54) is 0 Å². The monoisotopic (exact) mass is 262 g/mol. The van der Waals surface area contributed by atoms with Crippen LogP contribution in [0.25, 0.3) is 0 Å². The molecule has 0 spiro atoms. The molecule has 3 nitrogen and oxygen atoms in total. The molecule has 0 saturated heterocycles. The zero-order valence-corrected chi connectivity index (χ0v) is 11.1. The average molecular weight is 263 g/mol. The van der Waals surface area contributed by atoms with Crippen LogP contribution < -0.4 is 10.5 Å². The quantitative estimate of drug-likeness (QED) is 0.842. The van der Waals surface area contributed by atoms with E-state index in [1.54, 1.807) is 12.1 Å². The van der Waals surface area contributed by atoms with Gasteiger partial charge in [0.15, 0.2) is 0 Å². The van der Waals surface area contributed by atoms with E-state index in [0.717, 1.165) is 11.3 Å². The van der Waals surface area contributed by atoms with E-state index >= 15 is 0 Å². The first-order valence-electron chi connectivity index (χ1n) is 5.76. The predicted molar refractivity (Wildman–Crippen MR) is 74.3 cm³/mol. The molecule has 1 aromatic carbocycles. The number of nitrogens with zero attached hydrogens (tertiary/aromatic N) is 1. The van der Waals surface area contributed by atoms with Crippen molar-refractivity contribution in [2.75, 3.05) is 5.73 Å². The molecule has 2 rings (SSSR count). The molecule has 0 saturated carbocycles. The number of para-hydroxylation sites is 1. The summed E-state index contributed by atoms with van der Waals surface area (Å²) in [6.45, 7) is 4.23. The number of hydrogen-bond donors (Lipinski definition) is 1. The fraction of sp³-hybridized carbons (Fsp3) is 0.214. The number of pyridine rings is 1. The van der Waals surface area contributed by atoms with E-state index in [4.69, 9.17) is 22.1 Å². The molecule has 0 aliphatic heterocycles. The van der Waals surface area contributed by atoms with E-state index in [-0.39, 0.29) is 0 Å². The van der Waals surface area contributed by atoms with Gasteiger partial charge in [0.1, 0.15) is 10.9 Å². The third kappa shape index (κ3) is 2.93. The number of nitrogens with two attached hydrogens (primary N) is 1. The highest BCUT2D eigenvalue weighted by atomic mass is 35.5. The van der Waals surface area contributed by atoms with Gasteiger partial charge in [0.25, 0.3) is 0 Å². The van der Waals surface area contributed by atoms with Crippen LogP contribution in [0.4, 0.5) is 5.69 Å². The van der Waals surface area contributed by atoms with Crippen LogP contribution >= 0.6 is 11.6 Å². The highest BCUT2D eigenvalue weighted by molar-refractivity contribution is 6.29. The Kier molecular flexibility index (Phi) is 3.72. The van der Waals surface area contributed by atoms with E-state index < -0.39 is 0 Å². The Morgan fingerprint density at radius 2 is 1.94 bits per heavy atom. The highest BCUT2D eigenvalue weighted by Gasteiger charge is 2.09. The van der Waals surface area contributed by atoms with Crippen molar-refractivity contribution < 1.29 is 4.74 Å². The third-order valence-electron chi connectivity index (χ3n) is 2.55. The van der Waals surface area contributed by atoms with Gasteiger partial charge in [-0.05, 0) is 23.6 Å². The lowest BCUT2D eigenvalue weighted by Crippen LogP contribution is -1.96. The maximum absolute atomic E-state index is 5.85. The normalized spacial score (nSPS) is 10.7. The van der Waals surface area contributed by atoms with Crippen molar-refractivity contribution in [3.63, 3.8) is 0 Å². The summed E-state index contributed by atoms with van der Waals surface area (Å²) < 4.78 is 5.76. The van der Waals surface area contributed by atoms with E-state index in [1.807, 2.05) is 24.3 Å². The van der Waals surface area contributed by atoms with Crippen molar-refractivity contribution in [3.8, 4) is 11.6 Å². The summed E-state index contributed by atoms with van der Waals surface area (Å²) in [5.74, 6) is 1.56. The lowest BCUT2D eigenvalue weighted by molar-refractivity contribution is 0.455. The summed E-state index contributed by atoms with van der Waals surface area (Å²) in [5, 5.41) is 0.326. The SMILES string of the molecule is CC(C)c1ccccc1Oc1cc(N)cc(Cl)n1. The van der Waals surface area contributed by atoms with Gasteiger partial charge >= 0.3 is 0 Å². The Bertz CT molecular complexity index is 535. The number of nitrogen functional groups attached to an aromatic ring is 1. The molecule has 2 N–H and O–H groups in total. The molecule has 4 heteroatoms. The van der Waals surface area contributed by atoms with Crippen molar-refractivity contribution in [2.45, 2.75) is 19.8 Å². The van der Waals surface area contributed by atoms with Crippen LogP contribution in [0.5, 0.6) is 11.6 Å². The summed E-state index contributed by atoms with van der Waals surface area (Å²) in [7, 11) is 0. The van der Waals surface area contributed by atoms with Crippen molar-refractivity contribution in [1.29, 1.82) is 0 Å². The van der Waals surface area contributed by atoms with Gasteiger partial charge in [0.05, 0.1) is 0 Å². The topological polar surface area (TPSA) is 48.1 Å². The standard InChI is InChI=1S/C14H15ClN2O/c1-9(2)11-5-3-4-6-12(11)18-14-8-10(16)7-13(15)17-14/h3-9H,1-2H3,(H2,16,17). The van der Waals surface area contributed by atoms with Crippen LogP contribution in [0.15, 0.2) is 36.4 Å². The number of benzene rings is 1. The molecule has 1 aromatic heterocycles.